The highest BCUT2D eigenvalue weighted by atomic mass is 16.5. The fourth-order valence-corrected chi connectivity index (χ4v) is 3.41. The van der Waals surface area contributed by atoms with E-state index in [1.807, 2.05) is 24.3 Å². The normalized spacial score (nSPS) is 13.2. The third kappa shape index (κ3) is 4.51. The molecule has 3 aromatic rings. The second-order valence-corrected chi connectivity index (χ2v) is 6.83. The SMILES string of the molecule is COc1ccc(Nc2ccnc(Nc3ccc(N4CCCC4)cc3)n2)cc1OC. The molecule has 0 spiro atoms. The van der Waals surface area contributed by atoms with Crippen LogP contribution >= 0.6 is 0 Å². The van der Waals surface area contributed by atoms with Crippen LogP contribution in [0.2, 0.25) is 0 Å². The molecule has 0 bridgehead atoms. The van der Waals surface area contributed by atoms with Gasteiger partial charge in [-0.15, -0.1) is 0 Å². The quantitative estimate of drug-likeness (QED) is 0.611. The van der Waals surface area contributed by atoms with Crippen molar-refractivity contribution in [3.8, 4) is 11.5 Å². The predicted octanol–water partition coefficient (Wildman–Crippen LogP) is 4.58. The number of benzene rings is 2. The van der Waals surface area contributed by atoms with Gasteiger partial charge >= 0.3 is 0 Å². The molecular formula is C22H25N5O2. The van der Waals surface area contributed by atoms with E-state index >= 15 is 0 Å². The van der Waals surface area contributed by atoms with Gasteiger partial charge in [0.2, 0.25) is 5.95 Å². The molecule has 7 heteroatoms. The molecule has 0 amide bonds. The summed E-state index contributed by atoms with van der Waals surface area (Å²) in [5, 5.41) is 6.53. The zero-order valence-corrected chi connectivity index (χ0v) is 16.7. The van der Waals surface area contributed by atoms with Crippen molar-refractivity contribution in [1.82, 2.24) is 9.97 Å². The lowest BCUT2D eigenvalue weighted by Crippen LogP contribution is -2.17. The molecule has 7 nitrogen and oxygen atoms in total. The molecule has 4 rings (SSSR count). The largest absolute Gasteiger partial charge is 0.493 e. The first-order valence-electron chi connectivity index (χ1n) is 9.69. The minimum Gasteiger partial charge on any atom is -0.493 e. The van der Waals surface area contributed by atoms with Crippen LogP contribution in [-0.4, -0.2) is 37.3 Å². The average Bonchev–Trinajstić information content (AvgIpc) is 3.29. The minimum absolute atomic E-state index is 0.532. The third-order valence-electron chi connectivity index (χ3n) is 4.91. The number of nitrogens with one attached hydrogen (secondary N) is 2. The lowest BCUT2D eigenvalue weighted by molar-refractivity contribution is 0.355. The van der Waals surface area contributed by atoms with Gasteiger partial charge in [0, 0.05) is 42.4 Å². The van der Waals surface area contributed by atoms with E-state index in [9.17, 15) is 0 Å². The summed E-state index contributed by atoms with van der Waals surface area (Å²) in [6.07, 6.45) is 4.26. The Labute approximate surface area is 170 Å². The molecular weight excluding hydrogens is 366 g/mol. The zero-order chi connectivity index (χ0) is 20.1. The van der Waals surface area contributed by atoms with E-state index in [1.165, 1.54) is 18.5 Å². The van der Waals surface area contributed by atoms with Crippen LogP contribution < -0.4 is 25.0 Å². The second kappa shape index (κ2) is 8.68. The molecule has 2 heterocycles. The molecule has 0 saturated carbocycles. The van der Waals surface area contributed by atoms with Gasteiger partial charge in [-0.2, -0.15) is 4.98 Å². The van der Waals surface area contributed by atoms with Gasteiger partial charge in [-0.05, 0) is 55.3 Å². The third-order valence-corrected chi connectivity index (χ3v) is 4.91. The summed E-state index contributed by atoms with van der Waals surface area (Å²) in [6.45, 7) is 2.28. The highest BCUT2D eigenvalue weighted by Gasteiger charge is 2.12. The van der Waals surface area contributed by atoms with E-state index < -0.39 is 0 Å². The maximum Gasteiger partial charge on any atom is 0.229 e. The van der Waals surface area contributed by atoms with Gasteiger partial charge in [0.15, 0.2) is 11.5 Å². The van der Waals surface area contributed by atoms with Gasteiger partial charge in [0.25, 0.3) is 0 Å². The van der Waals surface area contributed by atoms with Gasteiger partial charge in [-0.1, -0.05) is 0 Å². The fourth-order valence-electron chi connectivity index (χ4n) is 3.41. The van der Waals surface area contributed by atoms with Gasteiger partial charge in [-0.3, -0.25) is 0 Å². The Bertz CT molecular complexity index is 956. The van der Waals surface area contributed by atoms with E-state index in [2.05, 4.69) is 49.8 Å². The number of hydrogen-bond acceptors (Lipinski definition) is 7. The molecule has 1 aliphatic rings. The molecule has 0 unspecified atom stereocenters. The summed E-state index contributed by atoms with van der Waals surface area (Å²) >= 11 is 0. The number of aromatic nitrogens is 2. The summed E-state index contributed by atoms with van der Waals surface area (Å²) < 4.78 is 10.6. The topological polar surface area (TPSA) is 71.5 Å². The van der Waals surface area contributed by atoms with Crippen LogP contribution in [-0.2, 0) is 0 Å². The van der Waals surface area contributed by atoms with Crippen LogP contribution in [0, 0.1) is 0 Å². The minimum atomic E-state index is 0.532. The average molecular weight is 391 g/mol. The van der Waals surface area contributed by atoms with Crippen molar-refractivity contribution in [2.24, 2.45) is 0 Å². The van der Waals surface area contributed by atoms with Crippen molar-refractivity contribution in [2.75, 3.05) is 42.8 Å². The highest BCUT2D eigenvalue weighted by Crippen LogP contribution is 2.31. The summed E-state index contributed by atoms with van der Waals surface area (Å²) in [4.78, 5) is 11.3. The first-order valence-corrected chi connectivity index (χ1v) is 9.69. The molecule has 150 valence electrons. The van der Waals surface area contributed by atoms with Gasteiger partial charge in [0.05, 0.1) is 14.2 Å². The van der Waals surface area contributed by atoms with Crippen molar-refractivity contribution in [3.63, 3.8) is 0 Å². The molecule has 1 saturated heterocycles. The maximum atomic E-state index is 5.35. The van der Waals surface area contributed by atoms with E-state index in [0.29, 0.717) is 23.3 Å². The van der Waals surface area contributed by atoms with Crippen molar-refractivity contribution in [1.29, 1.82) is 0 Å². The maximum absolute atomic E-state index is 5.35. The van der Waals surface area contributed by atoms with E-state index in [0.717, 1.165) is 24.5 Å². The molecule has 1 aromatic heterocycles. The monoisotopic (exact) mass is 391 g/mol. The predicted molar refractivity (Wildman–Crippen MR) is 116 cm³/mol. The Kier molecular flexibility index (Phi) is 5.65. The molecule has 1 fully saturated rings. The van der Waals surface area contributed by atoms with Crippen LogP contribution in [0.5, 0.6) is 11.5 Å². The number of anilines is 5. The summed E-state index contributed by atoms with van der Waals surface area (Å²) in [6, 6.07) is 15.8. The first-order chi connectivity index (χ1) is 14.2. The Morgan fingerprint density at radius 1 is 0.828 bits per heavy atom. The second-order valence-electron chi connectivity index (χ2n) is 6.83. The van der Waals surface area contributed by atoms with Crippen molar-refractivity contribution in [2.45, 2.75) is 12.8 Å². The zero-order valence-electron chi connectivity index (χ0n) is 16.7. The summed E-state index contributed by atoms with van der Waals surface area (Å²) in [7, 11) is 3.23. The Morgan fingerprint density at radius 2 is 1.55 bits per heavy atom. The summed E-state index contributed by atoms with van der Waals surface area (Å²) in [5.74, 6) is 2.55. The standard InChI is InChI=1S/C22H25N5O2/c1-28-19-10-7-17(15-20(19)29-2)24-21-11-12-23-22(26-21)25-16-5-8-18(9-6-16)27-13-3-4-14-27/h5-12,15H,3-4,13-14H2,1-2H3,(H2,23,24,25,26). The van der Waals surface area contributed by atoms with Gasteiger partial charge < -0.3 is 25.0 Å². The molecule has 2 N–H and O–H groups in total. The molecule has 0 atom stereocenters. The summed E-state index contributed by atoms with van der Waals surface area (Å²) in [5.41, 5.74) is 3.07. The van der Waals surface area contributed by atoms with Crippen LogP contribution in [0.25, 0.3) is 0 Å². The number of ether oxygens (including phenoxy) is 2. The molecule has 1 aliphatic heterocycles. The van der Waals surface area contributed by atoms with Crippen LogP contribution in [0.3, 0.4) is 0 Å². The Balaban J connectivity index is 1.44. The lowest BCUT2D eigenvalue weighted by Gasteiger charge is -2.17. The number of nitrogens with zero attached hydrogens (tertiary/aromatic N) is 3. The van der Waals surface area contributed by atoms with Gasteiger partial charge in [0.1, 0.15) is 5.82 Å². The van der Waals surface area contributed by atoms with Crippen molar-refractivity contribution >= 4 is 28.8 Å². The Morgan fingerprint density at radius 3 is 2.28 bits per heavy atom. The van der Waals surface area contributed by atoms with Crippen molar-refractivity contribution < 1.29 is 9.47 Å². The fraction of sp³-hybridized carbons (Fsp3) is 0.273. The van der Waals surface area contributed by atoms with E-state index in [-0.39, 0.29) is 0 Å². The highest BCUT2D eigenvalue weighted by molar-refractivity contribution is 5.64. The molecule has 2 aromatic carbocycles. The van der Waals surface area contributed by atoms with Gasteiger partial charge in [-0.25, -0.2) is 4.98 Å². The lowest BCUT2D eigenvalue weighted by atomic mass is 10.2. The number of methoxy groups -OCH3 is 2. The van der Waals surface area contributed by atoms with Crippen LogP contribution in [0.4, 0.5) is 28.8 Å². The molecule has 29 heavy (non-hydrogen) atoms. The molecule has 0 aliphatic carbocycles. The van der Waals surface area contributed by atoms with Crippen LogP contribution in [0.1, 0.15) is 12.8 Å². The van der Waals surface area contributed by atoms with Crippen molar-refractivity contribution in [3.05, 3.63) is 54.7 Å². The number of hydrogen-bond donors (Lipinski definition) is 2. The van der Waals surface area contributed by atoms with E-state index in [4.69, 9.17) is 9.47 Å². The van der Waals surface area contributed by atoms with E-state index in [1.54, 1.807) is 20.4 Å². The Hall–Kier alpha value is -3.48. The van der Waals surface area contributed by atoms with Crippen LogP contribution in [0.15, 0.2) is 54.7 Å². The number of rotatable bonds is 7. The molecule has 0 radical (unpaired) electrons. The first kappa shape index (κ1) is 18.9. The smallest absolute Gasteiger partial charge is 0.229 e.